The van der Waals surface area contributed by atoms with Crippen LogP contribution >= 0.6 is 0 Å². The van der Waals surface area contributed by atoms with Crippen molar-refractivity contribution in [3.63, 3.8) is 0 Å². The summed E-state index contributed by atoms with van der Waals surface area (Å²) < 4.78 is 0. The summed E-state index contributed by atoms with van der Waals surface area (Å²) in [7, 11) is 0. The Hall–Kier alpha value is -5.64. The van der Waals surface area contributed by atoms with Gasteiger partial charge in [0.25, 0.3) is 11.8 Å². The minimum atomic E-state index is -0.678. The molecule has 5 rings (SSSR count). The molecule has 0 bridgehead atoms. The lowest BCUT2D eigenvalue weighted by molar-refractivity contribution is -0.120. The molecule has 1 aliphatic rings. The summed E-state index contributed by atoms with van der Waals surface area (Å²) in [4.78, 5) is 63.4. The second kappa shape index (κ2) is 15.6. The highest BCUT2D eigenvalue weighted by Crippen LogP contribution is 2.22. The number of nitrogens with one attached hydrogen (secondary N) is 2. The smallest absolute Gasteiger partial charge is 0.273 e. The third-order valence-corrected chi connectivity index (χ3v) is 7.98. The first-order chi connectivity index (χ1) is 22.8. The number of amides is 4. The molecule has 4 aromatic rings. The lowest BCUT2D eigenvalue weighted by atomic mass is 10.1. The van der Waals surface area contributed by atoms with Crippen LogP contribution in [0.25, 0.3) is 12.2 Å². The number of hydrogen-bond donors (Lipinski definition) is 2. The predicted octanol–water partition coefficient (Wildman–Crippen LogP) is 5.77. The molecule has 2 N–H and O–H groups in total. The van der Waals surface area contributed by atoms with Gasteiger partial charge in [0, 0.05) is 36.9 Å². The van der Waals surface area contributed by atoms with Gasteiger partial charge in [-0.3, -0.25) is 29.1 Å². The number of anilines is 2. The third-order valence-electron chi connectivity index (χ3n) is 7.98. The predicted molar refractivity (Wildman–Crippen MR) is 182 cm³/mol. The van der Waals surface area contributed by atoms with Gasteiger partial charge >= 0.3 is 0 Å². The number of carbonyl (C=O) groups excluding carboxylic acids is 4. The zero-order valence-corrected chi connectivity index (χ0v) is 26.5. The molecule has 1 fully saturated rings. The van der Waals surface area contributed by atoms with E-state index < -0.39 is 12.1 Å². The van der Waals surface area contributed by atoms with Crippen LogP contribution in [0.1, 0.15) is 65.2 Å². The van der Waals surface area contributed by atoms with Gasteiger partial charge in [0.15, 0.2) is 0 Å². The maximum absolute atomic E-state index is 13.1. The Morgan fingerprint density at radius 2 is 1.40 bits per heavy atom. The summed E-state index contributed by atoms with van der Waals surface area (Å²) in [6.07, 6.45) is 9.13. The topological polar surface area (TPSA) is 125 Å². The van der Waals surface area contributed by atoms with E-state index in [1.54, 1.807) is 65.5 Å². The van der Waals surface area contributed by atoms with Crippen LogP contribution < -0.4 is 10.6 Å². The van der Waals surface area contributed by atoms with Crippen molar-refractivity contribution in [2.45, 2.75) is 45.2 Å². The zero-order chi connectivity index (χ0) is 33.2. The summed E-state index contributed by atoms with van der Waals surface area (Å²) >= 11 is 0. The van der Waals surface area contributed by atoms with Gasteiger partial charge in [-0.25, -0.2) is 0 Å². The number of hydrogen-bond acceptors (Lipinski definition) is 6. The van der Waals surface area contributed by atoms with Gasteiger partial charge in [-0.05, 0) is 85.8 Å². The fourth-order valence-corrected chi connectivity index (χ4v) is 5.43. The molecule has 0 aliphatic carbocycles. The quantitative estimate of drug-likeness (QED) is 0.203. The number of rotatable bonds is 11. The van der Waals surface area contributed by atoms with E-state index in [2.05, 4.69) is 20.6 Å². The van der Waals surface area contributed by atoms with E-state index in [4.69, 9.17) is 0 Å². The lowest BCUT2D eigenvalue weighted by Gasteiger charge is -2.28. The Labute approximate surface area is 274 Å². The van der Waals surface area contributed by atoms with Crippen molar-refractivity contribution in [1.82, 2.24) is 19.8 Å². The molecule has 0 unspecified atom stereocenters. The van der Waals surface area contributed by atoms with Gasteiger partial charge in [0.2, 0.25) is 11.8 Å². The average molecular weight is 631 g/mol. The largest absolute Gasteiger partial charge is 0.326 e. The molecule has 0 spiro atoms. The molecule has 2 aromatic carbocycles. The number of aromatic nitrogens is 2. The van der Waals surface area contributed by atoms with E-state index in [0.717, 1.165) is 17.5 Å². The van der Waals surface area contributed by atoms with Crippen molar-refractivity contribution in [3.8, 4) is 0 Å². The number of pyridine rings is 2. The summed E-state index contributed by atoms with van der Waals surface area (Å²) in [5, 5.41) is 5.85. The van der Waals surface area contributed by atoms with Crippen molar-refractivity contribution < 1.29 is 19.2 Å². The molecular weight excluding hydrogens is 592 g/mol. The fourth-order valence-electron chi connectivity index (χ4n) is 5.43. The first kappa shape index (κ1) is 32.7. The monoisotopic (exact) mass is 630 g/mol. The van der Waals surface area contributed by atoms with Crippen molar-refractivity contribution >= 4 is 47.2 Å². The molecule has 2 atom stereocenters. The van der Waals surface area contributed by atoms with Crippen LogP contribution in [0.15, 0.2) is 97.3 Å². The first-order valence-electron chi connectivity index (χ1n) is 15.8. The molecule has 240 valence electrons. The normalized spacial score (nSPS) is 14.9. The van der Waals surface area contributed by atoms with Crippen LogP contribution in [0.5, 0.6) is 0 Å². The minimum Gasteiger partial charge on any atom is -0.326 e. The maximum Gasteiger partial charge on any atom is 0.273 e. The lowest BCUT2D eigenvalue weighted by Crippen LogP contribution is -2.46. The van der Waals surface area contributed by atoms with Crippen LogP contribution in [-0.4, -0.2) is 68.6 Å². The van der Waals surface area contributed by atoms with Gasteiger partial charge in [-0.1, -0.05) is 55.5 Å². The number of benzene rings is 2. The molecule has 1 aliphatic heterocycles. The highest BCUT2D eigenvalue weighted by atomic mass is 16.2. The molecule has 0 radical (unpaired) electrons. The second-order valence-electron chi connectivity index (χ2n) is 11.3. The molecule has 1 saturated heterocycles. The molecule has 10 nitrogen and oxygen atoms in total. The van der Waals surface area contributed by atoms with Crippen LogP contribution in [0, 0.1) is 0 Å². The highest BCUT2D eigenvalue weighted by molar-refractivity contribution is 6.01. The Morgan fingerprint density at radius 1 is 0.830 bits per heavy atom. The average Bonchev–Trinajstić information content (AvgIpc) is 3.61. The van der Waals surface area contributed by atoms with Crippen molar-refractivity contribution in [1.29, 1.82) is 0 Å². The van der Waals surface area contributed by atoms with Gasteiger partial charge in [0.05, 0.1) is 0 Å². The summed E-state index contributed by atoms with van der Waals surface area (Å²) in [6.45, 7) is 4.64. The SMILES string of the molecule is CCCN(C(=O)c1ccccn1)[C@@H](C)C(=O)Nc1ccc(/C=C/c2ccc(NC(=O)[C@@H]3CCCN3C(=O)c3ccccn3)cc2)cc1. The first-order valence-corrected chi connectivity index (χ1v) is 15.8. The number of likely N-dealkylation sites (tertiary alicyclic amines) is 1. The fraction of sp³-hybridized carbons (Fsp3) is 0.243. The van der Waals surface area contributed by atoms with Gasteiger partial charge in [0.1, 0.15) is 23.5 Å². The van der Waals surface area contributed by atoms with E-state index in [1.165, 1.54) is 0 Å². The molecule has 2 aromatic heterocycles. The Morgan fingerprint density at radius 3 is 1.96 bits per heavy atom. The number of nitrogens with zero attached hydrogens (tertiary/aromatic N) is 4. The van der Waals surface area contributed by atoms with Gasteiger partial charge < -0.3 is 20.4 Å². The van der Waals surface area contributed by atoms with E-state index >= 15 is 0 Å². The Balaban J connectivity index is 1.14. The Kier molecular flexibility index (Phi) is 10.9. The van der Waals surface area contributed by atoms with Crippen molar-refractivity contribution in [3.05, 3.63) is 120 Å². The van der Waals surface area contributed by atoms with Crippen LogP contribution in [0.2, 0.25) is 0 Å². The summed E-state index contributed by atoms with van der Waals surface area (Å²) in [6, 6.07) is 24.0. The van der Waals surface area contributed by atoms with Gasteiger partial charge in [-0.2, -0.15) is 0 Å². The molecule has 0 saturated carbocycles. The van der Waals surface area contributed by atoms with E-state index in [1.807, 2.05) is 67.6 Å². The molecule has 10 heteroatoms. The van der Waals surface area contributed by atoms with Crippen LogP contribution in [-0.2, 0) is 9.59 Å². The van der Waals surface area contributed by atoms with Crippen LogP contribution in [0.3, 0.4) is 0 Å². The second-order valence-corrected chi connectivity index (χ2v) is 11.3. The molecule has 3 heterocycles. The van der Waals surface area contributed by atoms with Crippen molar-refractivity contribution in [2.75, 3.05) is 23.7 Å². The van der Waals surface area contributed by atoms with E-state index in [0.29, 0.717) is 48.7 Å². The molecule has 47 heavy (non-hydrogen) atoms. The van der Waals surface area contributed by atoms with E-state index in [-0.39, 0.29) is 23.6 Å². The summed E-state index contributed by atoms with van der Waals surface area (Å²) in [5.74, 6) is -1.01. The number of carbonyl (C=O) groups is 4. The van der Waals surface area contributed by atoms with Gasteiger partial charge in [-0.15, -0.1) is 0 Å². The maximum atomic E-state index is 13.1. The van der Waals surface area contributed by atoms with Crippen molar-refractivity contribution in [2.24, 2.45) is 0 Å². The van der Waals surface area contributed by atoms with E-state index in [9.17, 15) is 19.2 Å². The molecule has 4 amide bonds. The zero-order valence-electron chi connectivity index (χ0n) is 26.5. The Bertz CT molecular complexity index is 1710. The summed E-state index contributed by atoms with van der Waals surface area (Å²) in [5.41, 5.74) is 3.80. The third kappa shape index (κ3) is 8.35. The molecular formula is C37H38N6O4. The van der Waals surface area contributed by atoms with Crippen LogP contribution in [0.4, 0.5) is 11.4 Å². The highest BCUT2D eigenvalue weighted by Gasteiger charge is 2.35. The minimum absolute atomic E-state index is 0.213. The standard InChI is InChI=1S/C37H38N6O4/c1-3-24-42(36(46)31-9-4-6-22-38-31)26(2)34(44)40-29-18-14-27(15-19-29)12-13-28-16-20-30(21-17-28)41-35(45)33-11-8-25-43(33)37(47)32-10-5-7-23-39-32/h4-7,9-10,12-23,26,33H,3,8,11,24-25H2,1-2H3,(H,40,44)(H,41,45)/b13-12+/t26-,33-/m0/s1.